The summed E-state index contributed by atoms with van der Waals surface area (Å²) in [7, 11) is -10.8. The number of hydrogen-bond donors (Lipinski definition) is 0. The number of hydrogen-bond acceptors (Lipinski definition) is 8. The van der Waals surface area contributed by atoms with Crippen molar-refractivity contribution in [1.82, 2.24) is 0 Å². The summed E-state index contributed by atoms with van der Waals surface area (Å²) in [5, 5.41) is 0. The molecule has 0 rings (SSSR count). The van der Waals surface area contributed by atoms with E-state index in [1.54, 1.807) is 0 Å². The molecule has 0 saturated carbocycles. The minimum absolute atomic E-state index is 0. The maximum Gasteiger partial charge on any atom is 4.00 e. The van der Waals surface area contributed by atoms with E-state index in [4.69, 9.17) is 38.5 Å². The van der Waals surface area contributed by atoms with Crippen molar-refractivity contribution in [3.8, 4) is 0 Å². The van der Waals surface area contributed by atoms with Crippen LogP contribution < -0.4 is 29.4 Å². The first kappa shape index (κ1) is 17.9. The Bertz CT molecular complexity index is 124. The van der Waals surface area contributed by atoms with Crippen LogP contribution in [0.4, 0.5) is 0 Å². The molecule has 11 heavy (non-hydrogen) atoms. The molecule has 0 amide bonds. The van der Waals surface area contributed by atoms with Crippen molar-refractivity contribution in [2.45, 2.75) is 0 Å². The summed E-state index contributed by atoms with van der Waals surface area (Å²) in [5.74, 6) is 0. The van der Waals surface area contributed by atoms with Crippen LogP contribution in [0.15, 0.2) is 0 Å². The zero-order valence-corrected chi connectivity index (χ0v) is 8.01. The van der Waals surface area contributed by atoms with E-state index in [0.717, 1.165) is 0 Å². The van der Waals surface area contributed by atoms with Gasteiger partial charge in [0.05, 0.1) is 0 Å². The van der Waals surface area contributed by atoms with Crippen LogP contribution in [0.3, 0.4) is 0 Å². The van der Waals surface area contributed by atoms with E-state index in [2.05, 4.69) is 0 Å². The largest absolute Gasteiger partial charge is 4.00 e. The fourth-order valence-corrected chi connectivity index (χ4v) is 0. The minimum atomic E-state index is -5.39. The molecule has 0 aromatic carbocycles. The molecule has 0 spiro atoms. The first-order chi connectivity index (χ1) is 4.00. The van der Waals surface area contributed by atoms with Crippen LogP contribution in [0.2, 0.25) is 0 Å². The van der Waals surface area contributed by atoms with Gasteiger partial charge in [-0.1, -0.05) is 0 Å². The van der Waals surface area contributed by atoms with Gasteiger partial charge < -0.3 is 38.5 Å². The standard InChI is InChI=1S/2H3O4P.Ti/c2*1-5(2,3)4;/h2*(H3,1,2,3,4);/q;;+4/p-6. The van der Waals surface area contributed by atoms with Gasteiger partial charge in [0.2, 0.25) is 0 Å². The van der Waals surface area contributed by atoms with Gasteiger partial charge in [-0.15, -0.1) is 0 Å². The summed E-state index contributed by atoms with van der Waals surface area (Å²) in [6, 6.07) is 0. The van der Waals surface area contributed by atoms with Gasteiger partial charge in [-0.05, 0) is 0 Å². The smallest absolute Gasteiger partial charge is 0.822 e. The van der Waals surface area contributed by atoms with Gasteiger partial charge in [-0.25, -0.2) is 0 Å². The first-order valence-corrected chi connectivity index (χ1v) is 4.38. The van der Waals surface area contributed by atoms with E-state index in [1.807, 2.05) is 0 Å². The van der Waals surface area contributed by atoms with Crippen molar-refractivity contribution in [2.75, 3.05) is 0 Å². The molecule has 0 atom stereocenters. The van der Waals surface area contributed by atoms with E-state index < -0.39 is 15.6 Å². The van der Waals surface area contributed by atoms with Crippen LogP contribution in [0.5, 0.6) is 0 Å². The SMILES string of the molecule is O=P([O-])([O-])[O-].O=P([O-])([O-])[O-].[Ti+4]. The van der Waals surface area contributed by atoms with E-state index in [0.29, 0.717) is 0 Å². The Balaban J connectivity index is -0.000000107. The van der Waals surface area contributed by atoms with Gasteiger partial charge in [-0.2, -0.15) is 15.6 Å². The fourth-order valence-electron chi connectivity index (χ4n) is 0. The second-order valence-electron chi connectivity index (χ2n) is 0.894. The van der Waals surface area contributed by atoms with E-state index in [1.165, 1.54) is 0 Å². The Labute approximate surface area is 76.3 Å². The molecule has 64 valence electrons. The minimum Gasteiger partial charge on any atom is -0.822 e. The Morgan fingerprint density at radius 3 is 0.636 bits per heavy atom. The summed E-state index contributed by atoms with van der Waals surface area (Å²) in [6.07, 6.45) is 0. The molecule has 8 nitrogen and oxygen atoms in total. The average molecular weight is 238 g/mol. The van der Waals surface area contributed by atoms with Crippen molar-refractivity contribution in [1.29, 1.82) is 0 Å². The zero-order chi connectivity index (χ0) is 9.00. The average Bonchev–Trinajstić information content (AvgIpc) is 1.12. The predicted molar refractivity (Wildman–Crippen MR) is 15.2 cm³/mol. The zero-order valence-electron chi connectivity index (χ0n) is 4.66. The number of rotatable bonds is 0. The van der Waals surface area contributed by atoms with Crippen LogP contribution in [0, 0.1) is 0 Å². The molecule has 0 saturated heterocycles. The molecule has 0 unspecified atom stereocenters. The van der Waals surface area contributed by atoms with Crippen molar-refractivity contribution in [3.63, 3.8) is 0 Å². The van der Waals surface area contributed by atoms with E-state index in [9.17, 15) is 0 Å². The quantitative estimate of drug-likeness (QED) is 0.296. The second-order valence-corrected chi connectivity index (χ2v) is 2.68. The van der Waals surface area contributed by atoms with E-state index in [-0.39, 0.29) is 21.7 Å². The van der Waals surface area contributed by atoms with Crippen LogP contribution in [0.1, 0.15) is 0 Å². The molecular weight excluding hydrogens is 238 g/mol. The third kappa shape index (κ3) is 1000. The Kier molecular flexibility index (Phi) is 10.5. The van der Waals surface area contributed by atoms with Crippen LogP contribution in [-0.4, -0.2) is 0 Å². The molecule has 0 bridgehead atoms. The van der Waals surface area contributed by atoms with Gasteiger partial charge in [0.15, 0.2) is 0 Å². The summed E-state index contributed by atoms with van der Waals surface area (Å²) in [6.45, 7) is 0. The molecule has 11 heteroatoms. The van der Waals surface area contributed by atoms with Crippen molar-refractivity contribution in [3.05, 3.63) is 0 Å². The molecule has 0 heterocycles. The van der Waals surface area contributed by atoms with Gasteiger partial charge >= 0.3 is 21.7 Å². The summed E-state index contributed by atoms with van der Waals surface area (Å²) < 4.78 is 17.1. The maximum atomic E-state index is 8.55. The number of phosphoric acid groups is 2. The fraction of sp³-hybridized carbons (Fsp3) is 0. The Morgan fingerprint density at radius 1 is 0.636 bits per heavy atom. The summed E-state index contributed by atoms with van der Waals surface area (Å²) in [5.41, 5.74) is 0. The Morgan fingerprint density at radius 2 is 0.636 bits per heavy atom. The second kappa shape index (κ2) is 6.45. The first-order valence-electron chi connectivity index (χ1n) is 1.46. The van der Waals surface area contributed by atoms with E-state index >= 15 is 0 Å². The topological polar surface area (TPSA) is 172 Å². The molecule has 0 fully saturated rings. The normalized spacial score (nSPS) is 10.7. The molecule has 0 aromatic rings. The maximum absolute atomic E-state index is 8.55. The van der Waals surface area contributed by atoms with Crippen molar-refractivity contribution in [2.24, 2.45) is 0 Å². The van der Waals surface area contributed by atoms with Crippen LogP contribution in [0.25, 0.3) is 0 Å². The molecular formula is O8P2Ti-2. The third-order valence-electron chi connectivity index (χ3n) is 0. The van der Waals surface area contributed by atoms with Gasteiger partial charge in [0.1, 0.15) is 0 Å². The third-order valence-corrected chi connectivity index (χ3v) is 0. The molecule has 0 aliphatic rings. The molecule has 0 aliphatic heterocycles. The molecule has 0 aromatic heterocycles. The predicted octanol–water partition coefficient (Wildman–Crippen LogP) is -5.65. The van der Waals surface area contributed by atoms with Crippen molar-refractivity contribution >= 4 is 15.6 Å². The summed E-state index contributed by atoms with van der Waals surface area (Å²) in [4.78, 5) is 51.3. The molecule has 0 radical (unpaired) electrons. The van der Waals surface area contributed by atoms with Crippen LogP contribution >= 0.6 is 15.6 Å². The molecule has 0 aliphatic carbocycles. The van der Waals surface area contributed by atoms with Gasteiger partial charge in [0.25, 0.3) is 0 Å². The van der Waals surface area contributed by atoms with Crippen LogP contribution in [-0.2, 0) is 30.8 Å². The van der Waals surface area contributed by atoms with Gasteiger partial charge in [-0.3, -0.25) is 0 Å². The van der Waals surface area contributed by atoms with Crippen molar-refractivity contribution < 1.29 is 60.2 Å². The van der Waals surface area contributed by atoms with Gasteiger partial charge in [0, 0.05) is 0 Å². The Hall–Kier alpha value is 0.934. The molecule has 0 N–H and O–H groups in total. The summed E-state index contributed by atoms with van der Waals surface area (Å²) >= 11 is 0. The monoisotopic (exact) mass is 238 g/mol.